The molecule has 0 saturated heterocycles. The van der Waals surface area contributed by atoms with Crippen molar-refractivity contribution in [2.45, 2.75) is 40.2 Å². The van der Waals surface area contributed by atoms with Gasteiger partial charge in [0, 0.05) is 9.75 Å². The first-order chi connectivity index (χ1) is 9.60. The van der Waals surface area contributed by atoms with Crippen molar-refractivity contribution in [3.05, 3.63) is 57.3 Å². The van der Waals surface area contributed by atoms with E-state index < -0.39 is 0 Å². The first kappa shape index (κ1) is 15.3. The first-order valence-corrected chi connectivity index (χ1v) is 8.30. The summed E-state index contributed by atoms with van der Waals surface area (Å²) in [6, 6.07) is 13.9. The summed E-state index contributed by atoms with van der Waals surface area (Å²) in [5.74, 6) is 0.713. The Morgan fingerprint density at radius 2 is 1.75 bits per heavy atom. The van der Waals surface area contributed by atoms with Gasteiger partial charge in [0.15, 0.2) is 0 Å². The van der Waals surface area contributed by atoms with Crippen LogP contribution in [0.25, 0.3) is 0 Å². The van der Waals surface area contributed by atoms with Crippen molar-refractivity contribution in [1.29, 1.82) is 0 Å². The molecule has 0 bridgehead atoms. The number of nitrogens with one attached hydrogen (secondary N) is 1. The van der Waals surface area contributed by atoms with Gasteiger partial charge >= 0.3 is 0 Å². The van der Waals surface area contributed by atoms with Crippen LogP contribution in [0.5, 0.6) is 0 Å². The van der Waals surface area contributed by atoms with E-state index in [4.69, 9.17) is 0 Å². The molecule has 0 amide bonds. The maximum absolute atomic E-state index is 3.60. The number of thiophene rings is 1. The minimum atomic E-state index is 0.326. The quantitative estimate of drug-likeness (QED) is 0.792. The molecule has 0 saturated carbocycles. The number of rotatable bonds is 6. The second-order valence-electron chi connectivity index (χ2n) is 5.78. The lowest BCUT2D eigenvalue weighted by molar-refractivity contribution is 0.635. The van der Waals surface area contributed by atoms with Gasteiger partial charge in [-0.1, -0.05) is 45.0 Å². The maximum atomic E-state index is 3.60. The standard InChI is InChI=1S/C18H25NS/c1-5-19-18(17-11-6-14(4)20-17)16-9-7-15(8-10-16)12-13(2)3/h6-11,13,18-19H,5,12H2,1-4H3. The molecule has 2 heteroatoms. The summed E-state index contributed by atoms with van der Waals surface area (Å²) in [5, 5.41) is 3.60. The molecule has 0 aliphatic rings. The Bertz CT molecular complexity index is 525. The Balaban J connectivity index is 2.21. The highest BCUT2D eigenvalue weighted by Crippen LogP contribution is 2.28. The second kappa shape index (κ2) is 7.05. The van der Waals surface area contributed by atoms with Crippen LogP contribution in [0.3, 0.4) is 0 Å². The Morgan fingerprint density at radius 1 is 1.05 bits per heavy atom. The van der Waals surface area contributed by atoms with E-state index in [1.165, 1.54) is 20.9 Å². The van der Waals surface area contributed by atoms with Gasteiger partial charge in [0.25, 0.3) is 0 Å². The molecule has 1 atom stereocenters. The molecule has 0 aliphatic carbocycles. The minimum absolute atomic E-state index is 0.326. The predicted molar refractivity (Wildman–Crippen MR) is 89.6 cm³/mol. The maximum Gasteiger partial charge on any atom is 0.0671 e. The van der Waals surface area contributed by atoms with Gasteiger partial charge < -0.3 is 5.32 Å². The van der Waals surface area contributed by atoms with Crippen molar-refractivity contribution >= 4 is 11.3 Å². The summed E-state index contributed by atoms with van der Waals surface area (Å²) in [6.45, 7) is 9.85. The summed E-state index contributed by atoms with van der Waals surface area (Å²) in [7, 11) is 0. The van der Waals surface area contributed by atoms with Crippen LogP contribution in [-0.4, -0.2) is 6.54 Å². The minimum Gasteiger partial charge on any atom is -0.306 e. The fourth-order valence-corrected chi connectivity index (χ4v) is 3.49. The molecular weight excluding hydrogens is 262 g/mol. The molecule has 1 N–H and O–H groups in total. The molecule has 0 fully saturated rings. The number of aryl methyl sites for hydroxylation is 1. The van der Waals surface area contributed by atoms with Gasteiger partial charge in [0.1, 0.15) is 0 Å². The van der Waals surface area contributed by atoms with Crippen LogP contribution < -0.4 is 5.32 Å². The van der Waals surface area contributed by atoms with Crippen molar-refractivity contribution in [2.75, 3.05) is 6.54 Å². The van der Waals surface area contributed by atoms with Gasteiger partial charge in [-0.15, -0.1) is 11.3 Å². The first-order valence-electron chi connectivity index (χ1n) is 7.48. The molecule has 0 aliphatic heterocycles. The summed E-state index contributed by atoms with van der Waals surface area (Å²) in [6.07, 6.45) is 1.16. The number of benzene rings is 1. The third kappa shape index (κ3) is 3.94. The number of hydrogen-bond acceptors (Lipinski definition) is 2. The van der Waals surface area contributed by atoms with Crippen LogP contribution in [0, 0.1) is 12.8 Å². The van der Waals surface area contributed by atoms with Crippen LogP contribution in [0.1, 0.15) is 47.7 Å². The van der Waals surface area contributed by atoms with Crippen LogP contribution >= 0.6 is 11.3 Å². The van der Waals surface area contributed by atoms with Crippen molar-refractivity contribution in [3.8, 4) is 0 Å². The van der Waals surface area contributed by atoms with Crippen LogP contribution in [0.15, 0.2) is 36.4 Å². The summed E-state index contributed by atoms with van der Waals surface area (Å²) in [5.41, 5.74) is 2.79. The highest BCUT2D eigenvalue weighted by Gasteiger charge is 2.14. The van der Waals surface area contributed by atoms with Gasteiger partial charge in [-0.25, -0.2) is 0 Å². The lowest BCUT2D eigenvalue weighted by atomic mass is 9.99. The van der Waals surface area contributed by atoms with E-state index in [0.717, 1.165) is 13.0 Å². The van der Waals surface area contributed by atoms with Crippen molar-refractivity contribution in [2.24, 2.45) is 5.92 Å². The van der Waals surface area contributed by atoms with E-state index in [2.05, 4.69) is 69.4 Å². The smallest absolute Gasteiger partial charge is 0.0671 e. The molecule has 2 aromatic rings. The molecule has 20 heavy (non-hydrogen) atoms. The Labute approximate surface area is 127 Å². The summed E-state index contributed by atoms with van der Waals surface area (Å²) in [4.78, 5) is 2.78. The lowest BCUT2D eigenvalue weighted by Gasteiger charge is -2.17. The average molecular weight is 287 g/mol. The van der Waals surface area contributed by atoms with E-state index in [0.29, 0.717) is 12.0 Å². The van der Waals surface area contributed by atoms with Crippen molar-refractivity contribution < 1.29 is 0 Å². The fraction of sp³-hybridized carbons (Fsp3) is 0.444. The van der Waals surface area contributed by atoms with Crippen molar-refractivity contribution in [3.63, 3.8) is 0 Å². The van der Waals surface area contributed by atoms with Crippen LogP contribution in [-0.2, 0) is 6.42 Å². The average Bonchev–Trinajstić information content (AvgIpc) is 2.83. The molecule has 1 nitrogen and oxygen atoms in total. The van der Waals surface area contributed by atoms with Gasteiger partial charge in [-0.3, -0.25) is 0 Å². The molecule has 1 unspecified atom stereocenters. The van der Waals surface area contributed by atoms with E-state index in [-0.39, 0.29) is 0 Å². The summed E-state index contributed by atoms with van der Waals surface area (Å²) < 4.78 is 0. The molecule has 1 aromatic heterocycles. The van der Waals surface area contributed by atoms with E-state index in [1.807, 2.05) is 11.3 Å². The summed E-state index contributed by atoms with van der Waals surface area (Å²) >= 11 is 1.88. The van der Waals surface area contributed by atoms with Gasteiger partial charge in [0.05, 0.1) is 6.04 Å². The highest BCUT2D eigenvalue weighted by molar-refractivity contribution is 7.12. The topological polar surface area (TPSA) is 12.0 Å². The third-order valence-corrected chi connectivity index (χ3v) is 4.48. The Hall–Kier alpha value is -1.12. The third-order valence-electron chi connectivity index (χ3n) is 3.41. The molecule has 0 spiro atoms. The lowest BCUT2D eigenvalue weighted by Crippen LogP contribution is -2.21. The second-order valence-corrected chi connectivity index (χ2v) is 7.10. The van der Waals surface area contributed by atoms with Gasteiger partial charge in [0.2, 0.25) is 0 Å². The molecular formula is C18H25NS. The zero-order valence-corrected chi connectivity index (χ0v) is 13.8. The van der Waals surface area contributed by atoms with Crippen LogP contribution in [0.2, 0.25) is 0 Å². The zero-order valence-electron chi connectivity index (χ0n) is 12.9. The Morgan fingerprint density at radius 3 is 2.25 bits per heavy atom. The molecule has 1 aromatic carbocycles. The normalized spacial score (nSPS) is 12.8. The van der Waals surface area contributed by atoms with Crippen LogP contribution in [0.4, 0.5) is 0 Å². The molecule has 1 heterocycles. The van der Waals surface area contributed by atoms with E-state index in [1.54, 1.807) is 0 Å². The monoisotopic (exact) mass is 287 g/mol. The van der Waals surface area contributed by atoms with Crippen molar-refractivity contribution in [1.82, 2.24) is 5.32 Å². The predicted octanol–water partition coefficient (Wildman–Crippen LogP) is 4.95. The Kier molecular flexibility index (Phi) is 5.38. The zero-order chi connectivity index (χ0) is 14.5. The molecule has 108 valence electrons. The molecule has 0 radical (unpaired) electrons. The SMILES string of the molecule is CCNC(c1ccc(CC(C)C)cc1)c1ccc(C)s1. The largest absolute Gasteiger partial charge is 0.306 e. The van der Waals surface area contributed by atoms with Gasteiger partial charge in [-0.2, -0.15) is 0 Å². The fourth-order valence-electron chi connectivity index (χ4n) is 2.51. The molecule has 2 rings (SSSR count). The van der Waals surface area contributed by atoms with Gasteiger partial charge in [-0.05, 0) is 49.1 Å². The number of hydrogen-bond donors (Lipinski definition) is 1. The van der Waals surface area contributed by atoms with E-state index in [9.17, 15) is 0 Å². The highest BCUT2D eigenvalue weighted by atomic mass is 32.1. The van der Waals surface area contributed by atoms with E-state index >= 15 is 0 Å².